The molecule has 0 radical (unpaired) electrons. The number of aliphatic hydroxyl groups excluding tert-OH is 2. The topological polar surface area (TPSA) is 334 Å². The molecule has 0 aliphatic carbocycles. The third-order valence-corrected chi connectivity index (χ3v) is 11.8. The first-order valence-electron chi connectivity index (χ1n) is 23.9. The molecule has 0 aromatic heterocycles. The summed E-state index contributed by atoms with van der Waals surface area (Å²) in [6.07, 6.45) is 1.20. The van der Waals surface area contributed by atoms with E-state index < -0.39 is 90.5 Å². The van der Waals surface area contributed by atoms with Crippen LogP contribution in [-0.2, 0) is 51.2 Å². The molecule has 21 heteroatoms. The van der Waals surface area contributed by atoms with Gasteiger partial charge in [-0.25, -0.2) is 4.79 Å². The zero-order valence-corrected chi connectivity index (χ0v) is 41.3. The summed E-state index contributed by atoms with van der Waals surface area (Å²) < 4.78 is 0. The molecule has 0 spiro atoms. The molecular formula is C50H72N10O11. The highest BCUT2D eigenvalue weighted by atomic mass is 16.7. The molecule has 3 aromatic rings. The van der Waals surface area contributed by atoms with Crippen molar-refractivity contribution in [2.75, 3.05) is 32.8 Å². The van der Waals surface area contributed by atoms with Crippen molar-refractivity contribution in [3.8, 4) is 5.75 Å². The highest BCUT2D eigenvalue weighted by Crippen LogP contribution is 2.24. The Morgan fingerprint density at radius 2 is 1.48 bits per heavy atom. The minimum Gasteiger partial charge on any atom is -0.508 e. The molecule has 71 heavy (non-hydrogen) atoms. The first kappa shape index (κ1) is 56.9. The quantitative estimate of drug-likeness (QED) is 0.0222. The fourth-order valence-electron chi connectivity index (χ4n) is 8.36. The number of ketones is 1. The number of aliphatic imine (C=N–C) groups is 1. The zero-order valence-electron chi connectivity index (χ0n) is 41.3. The van der Waals surface area contributed by atoms with Crippen LogP contribution in [0.1, 0.15) is 84.3 Å². The Bertz CT molecular complexity index is 2330. The van der Waals surface area contributed by atoms with Gasteiger partial charge < -0.3 is 63.5 Å². The van der Waals surface area contributed by atoms with E-state index in [-0.39, 0.29) is 81.6 Å². The molecule has 1 aliphatic heterocycles. The van der Waals surface area contributed by atoms with Gasteiger partial charge in [-0.15, -0.1) is 5.06 Å². The maximum Gasteiger partial charge on any atom is 0.347 e. The number of nitrogens with one attached hydrogen (secondary N) is 4. The van der Waals surface area contributed by atoms with E-state index >= 15 is 0 Å². The summed E-state index contributed by atoms with van der Waals surface area (Å²) in [4.78, 5) is 108. The summed E-state index contributed by atoms with van der Waals surface area (Å²) in [5, 5.41) is 44.3. The summed E-state index contributed by atoms with van der Waals surface area (Å²) in [7, 11) is 0. The third-order valence-electron chi connectivity index (χ3n) is 11.8. The molecule has 1 fully saturated rings. The Hall–Kier alpha value is -6.68. The average molecular weight is 989 g/mol. The van der Waals surface area contributed by atoms with E-state index in [1.165, 1.54) is 29.2 Å². The normalized spacial score (nSPS) is 15.8. The van der Waals surface area contributed by atoms with Crippen LogP contribution in [0.15, 0.2) is 71.7 Å². The second-order valence-corrected chi connectivity index (χ2v) is 19.1. The fourth-order valence-corrected chi connectivity index (χ4v) is 8.36. The van der Waals surface area contributed by atoms with Crippen LogP contribution < -0.4 is 38.5 Å². The van der Waals surface area contributed by atoms with Gasteiger partial charge in [0.2, 0.25) is 29.5 Å². The lowest BCUT2D eigenvalue weighted by Gasteiger charge is -2.39. The number of hydrogen-bond acceptors (Lipinski definition) is 14. The molecule has 0 bridgehead atoms. The van der Waals surface area contributed by atoms with Gasteiger partial charge in [0.15, 0.2) is 11.7 Å². The first-order chi connectivity index (χ1) is 33.7. The molecule has 1 aliphatic rings. The van der Waals surface area contributed by atoms with Crippen molar-refractivity contribution < 1.29 is 53.7 Å². The predicted octanol–water partition coefficient (Wildman–Crippen LogP) is 0.190. The second-order valence-electron chi connectivity index (χ2n) is 19.1. The van der Waals surface area contributed by atoms with E-state index in [4.69, 9.17) is 22.0 Å². The summed E-state index contributed by atoms with van der Waals surface area (Å²) in [5.41, 5.74) is 16.6. The van der Waals surface area contributed by atoms with Gasteiger partial charge >= 0.3 is 5.97 Å². The first-order valence-corrected chi connectivity index (χ1v) is 23.9. The molecular weight excluding hydrogens is 917 g/mol. The number of phenols is 1. The Morgan fingerprint density at radius 1 is 0.831 bits per heavy atom. The Labute approximate surface area is 414 Å². The SMILES string of the molecule is CC(C)C[C@H](NC(=O)[C@@H](CO)N(OC(=O)[C@H](Cc1ccc(O)cc1)NC(=O)[C@H](CO)NC(=O)Cc1cccc2ccccc12)C(C)(C)C)C(=O)N[C@@H](CCCN=C(N)N)C(=O)N1CCC[C@H]1C(=O)CCN. The van der Waals surface area contributed by atoms with Crippen molar-refractivity contribution in [1.29, 1.82) is 0 Å². The molecule has 13 N–H and O–H groups in total. The number of Topliss-reactive ketones (excluding diaryl/α,β-unsaturated/α-hetero) is 1. The maximum atomic E-state index is 14.3. The number of nitrogens with two attached hydrogens (primary N) is 3. The summed E-state index contributed by atoms with van der Waals surface area (Å²) >= 11 is 0. The number of nitrogens with zero attached hydrogens (tertiary/aromatic N) is 3. The molecule has 388 valence electrons. The van der Waals surface area contributed by atoms with E-state index in [2.05, 4.69) is 26.3 Å². The highest BCUT2D eigenvalue weighted by molar-refractivity contribution is 5.96. The van der Waals surface area contributed by atoms with Crippen molar-refractivity contribution in [2.45, 2.75) is 128 Å². The average Bonchev–Trinajstić information content (AvgIpc) is 3.82. The van der Waals surface area contributed by atoms with Gasteiger partial charge in [-0.2, -0.15) is 0 Å². The van der Waals surface area contributed by atoms with E-state index in [1.807, 2.05) is 44.2 Å². The van der Waals surface area contributed by atoms with Crippen LogP contribution in [0.5, 0.6) is 5.75 Å². The number of rotatable bonds is 26. The van der Waals surface area contributed by atoms with Crippen molar-refractivity contribution in [3.63, 3.8) is 0 Å². The summed E-state index contributed by atoms with van der Waals surface area (Å²) in [6, 6.07) is 10.9. The van der Waals surface area contributed by atoms with Gasteiger partial charge in [-0.1, -0.05) is 68.4 Å². The number of phenolic OH excluding ortho intramolecular Hbond substituents is 1. The number of hydroxylamine groups is 2. The number of benzene rings is 3. The van der Waals surface area contributed by atoms with Crippen LogP contribution in [0.3, 0.4) is 0 Å². The molecule has 21 nitrogen and oxygen atoms in total. The largest absolute Gasteiger partial charge is 0.508 e. The van der Waals surface area contributed by atoms with Gasteiger partial charge in [-0.05, 0) is 99.4 Å². The number of carbonyl (C=O) groups is 7. The van der Waals surface area contributed by atoms with E-state index in [9.17, 15) is 48.9 Å². The van der Waals surface area contributed by atoms with Gasteiger partial charge in [0, 0.05) is 31.5 Å². The Morgan fingerprint density at radius 3 is 2.11 bits per heavy atom. The Balaban J connectivity index is 1.56. The number of aliphatic hydroxyl groups is 2. The van der Waals surface area contributed by atoms with Crippen LogP contribution in [-0.4, -0.2) is 147 Å². The monoisotopic (exact) mass is 989 g/mol. The smallest absolute Gasteiger partial charge is 0.347 e. The molecule has 0 unspecified atom stereocenters. The number of fused-ring (bicyclic) bond motifs is 1. The summed E-state index contributed by atoms with van der Waals surface area (Å²) in [6.45, 7) is 7.21. The van der Waals surface area contributed by atoms with E-state index in [0.29, 0.717) is 24.0 Å². The van der Waals surface area contributed by atoms with Crippen molar-refractivity contribution >= 4 is 58.0 Å². The van der Waals surface area contributed by atoms with Crippen molar-refractivity contribution in [1.82, 2.24) is 31.2 Å². The minimum absolute atomic E-state index is 0.0636. The molecule has 6 atom stereocenters. The van der Waals surface area contributed by atoms with Gasteiger partial charge in [0.05, 0.1) is 25.7 Å². The molecule has 5 amide bonds. The number of likely N-dealkylation sites (tertiary alicyclic amines) is 1. The number of amides is 5. The molecule has 4 rings (SSSR count). The molecule has 1 heterocycles. The number of hydrogen-bond donors (Lipinski definition) is 10. The number of carbonyl (C=O) groups excluding carboxylic acids is 7. The lowest BCUT2D eigenvalue weighted by molar-refractivity contribution is -0.235. The number of guanidine groups is 1. The minimum atomic E-state index is -1.64. The summed E-state index contributed by atoms with van der Waals surface area (Å²) in [5.74, 6) is -5.34. The lowest BCUT2D eigenvalue weighted by atomic mass is 10.0. The van der Waals surface area contributed by atoms with Gasteiger partial charge in [0.1, 0.15) is 36.0 Å². The Kier molecular flexibility index (Phi) is 21.7. The van der Waals surface area contributed by atoms with Crippen LogP contribution >= 0.6 is 0 Å². The zero-order chi connectivity index (χ0) is 52.4. The lowest BCUT2D eigenvalue weighted by Crippen LogP contribution is -2.62. The maximum absolute atomic E-state index is 14.3. The standard InChI is InChI=1S/C50H72N10O11/c1-30(2)25-37(44(66)56-36(15-9-23-54-49(52)53)47(69)59-24-10-16-40(59)42(64)21-22-51)57-46(68)41(29-62)60(50(3,4)5)71-48(70)38(26-31-17-19-34(63)20-18-31)58-45(67)39(28-61)55-43(65)27-33-13-8-12-32-11-6-7-14-35(32)33/h6-8,11-14,17-20,30,36-41,61-63H,9-10,15-16,21-29,51H2,1-5H3,(H,55,65)(H,56,66)(H,57,68)(H,58,67)(H4,52,53,54)/t36-,37-,38-,39-,40-,41+/m0/s1. The van der Waals surface area contributed by atoms with E-state index in [0.717, 1.165) is 15.8 Å². The van der Waals surface area contributed by atoms with Gasteiger partial charge in [-0.3, -0.25) is 33.8 Å². The molecule has 3 aromatic carbocycles. The van der Waals surface area contributed by atoms with Crippen molar-refractivity contribution in [3.05, 3.63) is 77.9 Å². The van der Waals surface area contributed by atoms with Gasteiger partial charge in [0.25, 0.3) is 0 Å². The van der Waals surface area contributed by atoms with Crippen LogP contribution in [0, 0.1) is 5.92 Å². The second kappa shape index (κ2) is 27.1. The molecule has 0 saturated carbocycles. The predicted molar refractivity (Wildman–Crippen MR) is 266 cm³/mol. The van der Waals surface area contributed by atoms with Crippen molar-refractivity contribution in [2.24, 2.45) is 28.1 Å². The number of aromatic hydroxyl groups is 1. The van der Waals surface area contributed by atoms with E-state index in [1.54, 1.807) is 32.9 Å². The van der Waals surface area contributed by atoms with Crippen LogP contribution in [0.25, 0.3) is 10.8 Å². The fraction of sp³-hybridized carbons (Fsp3) is 0.520. The third kappa shape index (κ3) is 17.0. The van der Waals surface area contributed by atoms with Crippen LogP contribution in [0.4, 0.5) is 0 Å². The van der Waals surface area contributed by atoms with Crippen LogP contribution in [0.2, 0.25) is 0 Å². The highest BCUT2D eigenvalue weighted by Gasteiger charge is 2.42. The molecule has 1 saturated heterocycles.